The maximum Gasteiger partial charge on any atom is 0.303 e. The number of carbonyl (C=O) groups excluding carboxylic acids is 1. The summed E-state index contributed by atoms with van der Waals surface area (Å²) in [6, 6.07) is 0. The van der Waals surface area contributed by atoms with Crippen LogP contribution in [-0.2, 0) is 9.53 Å². The number of rotatable bonds is 2. The molecular formula is C17H26O2. The van der Waals surface area contributed by atoms with Gasteiger partial charge in [-0.2, -0.15) is 0 Å². The molecule has 2 aliphatic rings. The summed E-state index contributed by atoms with van der Waals surface area (Å²) in [7, 11) is 0. The van der Waals surface area contributed by atoms with Gasteiger partial charge in [0.15, 0.2) is 0 Å². The Balaban J connectivity index is 2.39. The molecule has 2 aliphatic carbocycles. The second-order valence-electron chi connectivity index (χ2n) is 6.75. The van der Waals surface area contributed by atoms with Crippen molar-refractivity contribution in [1.82, 2.24) is 0 Å². The first-order valence-corrected chi connectivity index (χ1v) is 7.32. The minimum absolute atomic E-state index is 0.0221. The molecule has 0 saturated heterocycles. The Morgan fingerprint density at radius 3 is 2.58 bits per heavy atom. The maximum absolute atomic E-state index is 11.4. The molecule has 0 N–H and O–H groups in total. The Kier molecular flexibility index (Phi) is 3.63. The largest absolute Gasteiger partial charge is 0.458 e. The highest BCUT2D eigenvalue weighted by Crippen LogP contribution is 2.59. The van der Waals surface area contributed by atoms with Gasteiger partial charge in [0.1, 0.15) is 6.10 Å². The van der Waals surface area contributed by atoms with Crippen molar-refractivity contribution < 1.29 is 9.53 Å². The van der Waals surface area contributed by atoms with Gasteiger partial charge in [0.25, 0.3) is 0 Å². The molecule has 0 radical (unpaired) electrons. The Hall–Kier alpha value is -1.05. The highest BCUT2D eigenvalue weighted by molar-refractivity contribution is 5.66. The molecule has 0 amide bonds. The van der Waals surface area contributed by atoms with Crippen molar-refractivity contribution in [2.24, 2.45) is 10.8 Å². The highest BCUT2D eigenvalue weighted by atomic mass is 16.5. The van der Waals surface area contributed by atoms with E-state index in [1.54, 1.807) is 0 Å². The number of esters is 1. The molecule has 0 aliphatic heterocycles. The van der Waals surface area contributed by atoms with Crippen molar-refractivity contribution >= 4 is 5.97 Å². The zero-order valence-electron chi connectivity index (χ0n) is 12.7. The quantitative estimate of drug-likeness (QED) is 0.544. The third kappa shape index (κ3) is 2.26. The number of carbonyl (C=O) groups is 1. The molecule has 0 heterocycles. The highest BCUT2D eigenvalue weighted by Gasteiger charge is 2.53. The van der Waals surface area contributed by atoms with Crippen LogP contribution in [0.2, 0.25) is 0 Å². The van der Waals surface area contributed by atoms with Crippen molar-refractivity contribution in [2.45, 2.75) is 65.9 Å². The smallest absolute Gasteiger partial charge is 0.303 e. The van der Waals surface area contributed by atoms with Crippen molar-refractivity contribution in [3.05, 3.63) is 23.8 Å². The first-order chi connectivity index (χ1) is 8.79. The summed E-state index contributed by atoms with van der Waals surface area (Å²) in [6.07, 6.45) is 7.69. The van der Waals surface area contributed by atoms with Gasteiger partial charge in [-0.3, -0.25) is 4.79 Å². The lowest BCUT2D eigenvalue weighted by atomic mass is 9.56. The minimum atomic E-state index is -0.186. The summed E-state index contributed by atoms with van der Waals surface area (Å²) in [5.41, 5.74) is 2.73. The second kappa shape index (κ2) is 4.81. The van der Waals surface area contributed by atoms with E-state index in [4.69, 9.17) is 4.74 Å². The average molecular weight is 262 g/mol. The molecule has 2 rings (SSSR count). The van der Waals surface area contributed by atoms with Crippen LogP contribution >= 0.6 is 0 Å². The van der Waals surface area contributed by atoms with Crippen LogP contribution < -0.4 is 0 Å². The summed E-state index contributed by atoms with van der Waals surface area (Å²) in [6.45, 7) is 12.5. The van der Waals surface area contributed by atoms with Gasteiger partial charge >= 0.3 is 5.97 Å². The second-order valence-corrected chi connectivity index (χ2v) is 6.75. The third-order valence-corrected chi connectivity index (χ3v) is 5.59. The van der Waals surface area contributed by atoms with E-state index in [9.17, 15) is 4.79 Å². The van der Waals surface area contributed by atoms with Crippen LogP contribution in [0.4, 0.5) is 0 Å². The van der Waals surface area contributed by atoms with Gasteiger partial charge in [-0.05, 0) is 50.5 Å². The fourth-order valence-electron chi connectivity index (χ4n) is 3.85. The molecule has 0 spiro atoms. The predicted molar refractivity (Wildman–Crippen MR) is 77.8 cm³/mol. The molecule has 1 fully saturated rings. The van der Waals surface area contributed by atoms with Gasteiger partial charge < -0.3 is 4.74 Å². The molecule has 3 atom stereocenters. The summed E-state index contributed by atoms with van der Waals surface area (Å²) in [5.74, 6) is -0.186. The van der Waals surface area contributed by atoms with Crippen LogP contribution in [0.5, 0.6) is 0 Å². The van der Waals surface area contributed by atoms with E-state index in [0.29, 0.717) is 0 Å². The molecule has 0 aromatic heterocycles. The van der Waals surface area contributed by atoms with Crippen molar-refractivity contribution in [1.29, 1.82) is 0 Å². The van der Waals surface area contributed by atoms with Crippen LogP contribution in [0, 0.1) is 10.8 Å². The van der Waals surface area contributed by atoms with E-state index in [1.807, 2.05) is 0 Å². The van der Waals surface area contributed by atoms with Crippen molar-refractivity contribution in [2.75, 3.05) is 0 Å². The van der Waals surface area contributed by atoms with E-state index >= 15 is 0 Å². The van der Waals surface area contributed by atoms with Gasteiger partial charge in [0, 0.05) is 12.3 Å². The Morgan fingerprint density at radius 2 is 2.05 bits per heavy atom. The average Bonchev–Trinajstić information content (AvgIpc) is 2.65. The molecule has 2 heteroatoms. The summed E-state index contributed by atoms with van der Waals surface area (Å²) >= 11 is 0. The van der Waals surface area contributed by atoms with E-state index < -0.39 is 0 Å². The van der Waals surface area contributed by atoms with E-state index in [1.165, 1.54) is 24.5 Å². The monoisotopic (exact) mass is 262 g/mol. The van der Waals surface area contributed by atoms with Crippen LogP contribution in [0.3, 0.4) is 0 Å². The Morgan fingerprint density at radius 1 is 1.37 bits per heavy atom. The fourth-order valence-corrected chi connectivity index (χ4v) is 3.85. The normalized spacial score (nSPS) is 39.1. The molecule has 0 aromatic rings. The van der Waals surface area contributed by atoms with Crippen LogP contribution in [-0.4, -0.2) is 12.1 Å². The third-order valence-electron chi connectivity index (χ3n) is 5.59. The first-order valence-electron chi connectivity index (χ1n) is 7.32. The number of hydrogen-bond acceptors (Lipinski definition) is 2. The van der Waals surface area contributed by atoms with Gasteiger partial charge in [-0.1, -0.05) is 31.6 Å². The molecule has 106 valence electrons. The predicted octanol–water partition coefficient (Wildman–Crippen LogP) is 4.41. The van der Waals surface area contributed by atoms with Crippen molar-refractivity contribution in [3.63, 3.8) is 0 Å². The molecule has 1 unspecified atom stereocenters. The minimum Gasteiger partial charge on any atom is -0.458 e. The molecule has 19 heavy (non-hydrogen) atoms. The van der Waals surface area contributed by atoms with E-state index in [2.05, 4.69) is 33.4 Å². The summed E-state index contributed by atoms with van der Waals surface area (Å²) in [4.78, 5) is 11.4. The van der Waals surface area contributed by atoms with Crippen LogP contribution in [0.25, 0.3) is 0 Å². The van der Waals surface area contributed by atoms with Crippen LogP contribution in [0.1, 0.15) is 59.8 Å². The molecular weight excluding hydrogens is 236 g/mol. The van der Waals surface area contributed by atoms with Gasteiger partial charge in [0.05, 0.1) is 0 Å². The standard InChI is InChI=1S/C17H26O2/c1-12-8-10-17(5,15(11-12)19-14(3)18)16(4)9-6-7-13(16)2/h11,15H,2,6-10H2,1,3-5H3/t15?,16-,17-/m1/s1. The topological polar surface area (TPSA) is 26.3 Å². The van der Waals surface area contributed by atoms with E-state index in [0.717, 1.165) is 25.7 Å². The lowest BCUT2D eigenvalue weighted by Gasteiger charge is -2.50. The molecule has 0 aromatic carbocycles. The fraction of sp³-hybridized carbons (Fsp3) is 0.706. The molecule has 2 nitrogen and oxygen atoms in total. The molecule has 1 saturated carbocycles. The van der Waals surface area contributed by atoms with Crippen molar-refractivity contribution in [3.8, 4) is 0 Å². The van der Waals surface area contributed by atoms with Crippen LogP contribution in [0.15, 0.2) is 23.8 Å². The number of ether oxygens (including phenoxy) is 1. The van der Waals surface area contributed by atoms with Gasteiger partial charge in [0.2, 0.25) is 0 Å². The summed E-state index contributed by atoms with van der Waals surface area (Å²) in [5, 5.41) is 0. The Labute approximate surface area is 116 Å². The first kappa shape index (κ1) is 14.4. The lowest BCUT2D eigenvalue weighted by molar-refractivity contribution is -0.155. The SMILES string of the molecule is C=C1CCC[C@@]1(C)[C@]1(C)CCC(C)=CC1OC(C)=O. The van der Waals surface area contributed by atoms with Gasteiger partial charge in [-0.25, -0.2) is 0 Å². The number of hydrogen-bond donors (Lipinski definition) is 0. The maximum atomic E-state index is 11.4. The zero-order chi connectivity index (χ0) is 14.3. The summed E-state index contributed by atoms with van der Waals surface area (Å²) < 4.78 is 5.65. The molecule has 0 bridgehead atoms. The lowest BCUT2D eigenvalue weighted by Crippen LogP contribution is -2.48. The number of allylic oxidation sites excluding steroid dienone is 2. The zero-order valence-corrected chi connectivity index (χ0v) is 12.7. The van der Waals surface area contributed by atoms with E-state index in [-0.39, 0.29) is 22.9 Å². The van der Waals surface area contributed by atoms with Gasteiger partial charge in [-0.15, -0.1) is 0 Å². The Bertz CT molecular complexity index is 435.